The van der Waals surface area contributed by atoms with Gasteiger partial charge in [0.15, 0.2) is 0 Å². The normalized spacial score (nSPS) is 10.9. The van der Waals surface area contributed by atoms with Gasteiger partial charge in [-0.3, -0.25) is 4.79 Å². The molecule has 0 heterocycles. The monoisotopic (exact) mass is 250 g/mol. The maximum atomic E-state index is 10.6. The fourth-order valence-electron chi connectivity index (χ4n) is 1.71. The largest absolute Gasteiger partial charge is 0.276 e. The zero-order valence-corrected chi connectivity index (χ0v) is 11.0. The van der Waals surface area contributed by atoms with Crippen molar-refractivity contribution in [1.29, 1.82) is 0 Å². The van der Waals surface area contributed by atoms with Crippen molar-refractivity contribution in [2.45, 2.75) is 39.0 Å². The molecule has 0 aromatic heterocycles. The highest BCUT2D eigenvalue weighted by molar-refractivity contribution is 6.66. The molecule has 0 aliphatic carbocycles. The van der Waals surface area contributed by atoms with Gasteiger partial charge in [0.05, 0.1) is 0 Å². The van der Waals surface area contributed by atoms with Crippen LogP contribution in [-0.4, -0.2) is 5.24 Å². The maximum Gasteiger partial charge on any atom is 0.245 e. The Kier molecular flexibility index (Phi) is 6.64. The first-order valence-corrected chi connectivity index (χ1v) is 6.56. The van der Waals surface area contributed by atoms with Gasteiger partial charge in [-0.1, -0.05) is 56.5 Å². The Morgan fingerprint density at radius 3 is 2.47 bits per heavy atom. The van der Waals surface area contributed by atoms with Crippen LogP contribution in [0.2, 0.25) is 0 Å². The Bertz CT molecular complexity index is 365. The summed E-state index contributed by atoms with van der Waals surface area (Å²) in [5.41, 5.74) is 2.37. The predicted molar refractivity (Wildman–Crippen MR) is 74.2 cm³/mol. The number of benzene rings is 1. The number of unbranched alkanes of at least 4 members (excludes halogenated alkanes) is 3. The van der Waals surface area contributed by atoms with Crippen LogP contribution in [0.25, 0.3) is 6.08 Å². The first-order valence-electron chi connectivity index (χ1n) is 6.19. The molecule has 2 heteroatoms. The summed E-state index contributed by atoms with van der Waals surface area (Å²) >= 11 is 5.23. The van der Waals surface area contributed by atoms with Gasteiger partial charge in [-0.25, -0.2) is 0 Å². The second kappa shape index (κ2) is 8.08. The molecule has 0 N–H and O–H groups in total. The van der Waals surface area contributed by atoms with E-state index in [1.807, 2.05) is 12.1 Å². The molecule has 1 rings (SSSR count). The first kappa shape index (κ1) is 14.0. The van der Waals surface area contributed by atoms with Crippen molar-refractivity contribution in [1.82, 2.24) is 0 Å². The lowest BCUT2D eigenvalue weighted by molar-refractivity contribution is -0.107. The van der Waals surface area contributed by atoms with Gasteiger partial charge in [0.2, 0.25) is 5.24 Å². The van der Waals surface area contributed by atoms with Gasteiger partial charge >= 0.3 is 0 Å². The van der Waals surface area contributed by atoms with E-state index >= 15 is 0 Å². The van der Waals surface area contributed by atoms with E-state index in [0.29, 0.717) is 0 Å². The SMILES string of the molecule is CCCCCCc1ccc(C=CC(=O)Cl)cc1. The number of carbonyl (C=O) groups excluding carboxylic acids is 1. The van der Waals surface area contributed by atoms with E-state index in [9.17, 15) is 4.79 Å². The molecule has 0 saturated carbocycles. The Labute approximate surface area is 108 Å². The van der Waals surface area contributed by atoms with Crippen LogP contribution in [0.15, 0.2) is 30.3 Å². The van der Waals surface area contributed by atoms with E-state index in [4.69, 9.17) is 11.6 Å². The quantitative estimate of drug-likeness (QED) is 0.393. The highest BCUT2D eigenvalue weighted by Gasteiger charge is 1.94. The molecule has 0 atom stereocenters. The summed E-state index contributed by atoms with van der Waals surface area (Å²) in [6.07, 6.45) is 9.39. The minimum atomic E-state index is -0.436. The molecule has 92 valence electrons. The molecule has 1 nitrogen and oxygen atoms in total. The molecule has 0 saturated heterocycles. The van der Waals surface area contributed by atoms with Crippen LogP contribution in [0, 0.1) is 0 Å². The van der Waals surface area contributed by atoms with Crippen LogP contribution < -0.4 is 0 Å². The third-order valence-corrected chi connectivity index (χ3v) is 2.83. The number of hydrogen-bond acceptors (Lipinski definition) is 1. The lowest BCUT2D eigenvalue weighted by Gasteiger charge is -2.01. The van der Waals surface area contributed by atoms with Crippen molar-refractivity contribution in [2.24, 2.45) is 0 Å². The molecule has 0 spiro atoms. The Balaban J connectivity index is 2.42. The molecular formula is C15H19ClO. The zero-order valence-electron chi connectivity index (χ0n) is 10.3. The third-order valence-electron chi connectivity index (χ3n) is 2.71. The summed E-state index contributed by atoms with van der Waals surface area (Å²) in [6.45, 7) is 2.22. The summed E-state index contributed by atoms with van der Waals surface area (Å²) < 4.78 is 0. The van der Waals surface area contributed by atoms with Crippen LogP contribution in [0.4, 0.5) is 0 Å². The van der Waals surface area contributed by atoms with Gasteiger partial charge in [-0.15, -0.1) is 0 Å². The molecule has 0 aliphatic rings. The smallest absolute Gasteiger partial charge is 0.245 e. The fraction of sp³-hybridized carbons (Fsp3) is 0.400. The van der Waals surface area contributed by atoms with E-state index in [1.54, 1.807) is 6.08 Å². The molecular weight excluding hydrogens is 232 g/mol. The van der Waals surface area contributed by atoms with Crippen molar-refractivity contribution in [3.63, 3.8) is 0 Å². The van der Waals surface area contributed by atoms with E-state index in [2.05, 4.69) is 19.1 Å². The molecule has 0 radical (unpaired) electrons. The van der Waals surface area contributed by atoms with Crippen LogP contribution in [-0.2, 0) is 11.2 Å². The molecule has 0 unspecified atom stereocenters. The predicted octanol–water partition coefficient (Wildman–Crippen LogP) is 4.59. The summed E-state index contributed by atoms with van der Waals surface area (Å²) in [5, 5.41) is -0.436. The third kappa shape index (κ3) is 6.28. The van der Waals surface area contributed by atoms with Crippen LogP contribution in [0.3, 0.4) is 0 Å². The van der Waals surface area contributed by atoms with Gasteiger partial charge in [0.1, 0.15) is 0 Å². The number of hydrogen-bond donors (Lipinski definition) is 0. The van der Waals surface area contributed by atoms with Gasteiger partial charge in [0, 0.05) is 0 Å². The van der Waals surface area contributed by atoms with Gasteiger partial charge in [-0.05, 0) is 41.6 Å². The van der Waals surface area contributed by atoms with Gasteiger partial charge in [-0.2, -0.15) is 0 Å². The van der Waals surface area contributed by atoms with Crippen LogP contribution in [0.1, 0.15) is 43.7 Å². The minimum absolute atomic E-state index is 0.436. The second-order valence-electron chi connectivity index (χ2n) is 4.19. The number of rotatable bonds is 7. The lowest BCUT2D eigenvalue weighted by Crippen LogP contribution is -1.86. The summed E-state index contributed by atoms with van der Waals surface area (Å²) in [4.78, 5) is 10.6. The Morgan fingerprint density at radius 1 is 1.18 bits per heavy atom. The van der Waals surface area contributed by atoms with Crippen molar-refractivity contribution < 1.29 is 4.79 Å². The molecule has 0 bridgehead atoms. The van der Waals surface area contributed by atoms with E-state index in [1.165, 1.54) is 37.3 Å². The topological polar surface area (TPSA) is 17.1 Å². The maximum absolute atomic E-state index is 10.6. The van der Waals surface area contributed by atoms with E-state index in [0.717, 1.165) is 12.0 Å². The second-order valence-corrected chi connectivity index (χ2v) is 4.56. The molecule has 1 aromatic carbocycles. The van der Waals surface area contributed by atoms with Gasteiger partial charge in [0.25, 0.3) is 0 Å². The highest BCUT2D eigenvalue weighted by atomic mass is 35.5. The lowest BCUT2D eigenvalue weighted by atomic mass is 10.0. The van der Waals surface area contributed by atoms with Crippen molar-refractivity contribution in [2.75, 3.05) is 0 Å². The molecule has 0 fully saturated rings. The number of aryl methyl sites for hydroxylation is 1. The van der Waals surface area contributed by atoms with Crippen molar-refractivity contribution >= 4 is 22.9 Å². The van der Waals surface area contributed by atoms with Gasteiger partial charge < -0.3 is 0 Å². The average Bonchev–Trinajstić information content (AvgIpc) is 2.33. The fourth-order valence-corrected chi connectivity index (χ4v) is 1.78. The zero-order chi connectivity index (χ0) is 12.5. The van der Waals surface area contributed by atoms with Crippen LogP contribution in [0.5, 0.6) is 0 Å². The molecule has 0 aliphatic heterocycles. The summed E-state index contributed by atoms with van der Waals surface area (Å²) in [7, 11) is 0. The minimum Gasteiger partial charge on any atom is -0.276 e. The summed E-state index contributed by atoms with van der Waals surface area (Å²) in [5.74, 6) is 0. The van der Waals surface area contributed by atoms with Crippen LogP contribution >= 0.6 is 11.6 Å². The Morgan fingerprint density at radius 2 is 1.88 bits per heavy atom. The molecule has 17 heavy (non-hydrogen) atoms. The average molecular weight is 251 g/mol. The Hall–Kier alpha value is -1.08. The number of carbonyl (C=O) groups is 1. The first-order chi connectivity index (χ1) is 8.22. The number of halogens is 1. The molecule has 1 aromatic rings. The van der Waals surface area contributed by atoms with E-state index < -0.39 is 5.24 Å². The van der Waals surface area contributed by atoms with Crippen molar-refractivity contribution in [3.05, 3.63) is 41.5 Å². The number of allylic oxidation sites excluding steroid dienone is 1. The summed E-state index contributed by atoms with van der Waals surface area (Å²) in [6, 6.07) is 8.27. The van der Waals surface area contributed by atoms with E-state index in [-0.39, 0.29) is 0 Å². The standard InChI is InChI=1S/C15H19ClO/c1-2-3-4-5-6-13-7-9-14(10-8-13)11-12-15(16)17/h7-12H,2-6H2,1H3. The molecule has 0 amide bonds. The van der Waals surface area contributed by atoms with Crippen molar-refractivity contribution in [3.8, 4) is 0 Å². The highest BCUT2D eigenvalue weighted by Crippen LogP contribution is 2.10.